The predicted octanol–water partition coefficient (Wildman–Crippen LogP) is 14.9. The van der Waals surface area contributed by atoms with Crippen molar-refractivity contribution < 1.29 is 4.42 Å². The van der Waals surface area contributed by atoms with Crippen LogP contribution in [-0.4, -0.2) is 20.6 Å². The molecule has 63 heavy (non-hydrogen) atoms. The number of furan rings is 1. The van der Waals surface area contributed by atoms with E-state index in [1.54, 1.807) is 0 Å². The summed E-state index contributed by atoms with van der Waals surface area (Å²) in [6, 6.07) is 71.0. The van der Waals surface area contributed by atoms with Crippen molar-refractivity contribution in [3.05, 3.63) is 223 Å². The molecule has 3 aromatic heterocycles. The first-order valence-electron chi connectivity index (χ1n) is 21.6. The second-order valence-electron chi connectivity index (χ2n) is 16.4. The molecule has 0 bridgehead atoms. The third-order valence-electron chi connectivity index (χ3n) is 12.9. The third kappa shape index (κ3) is 5.63. The monoisotopic (exact) mass is 806 g/mol. The van der Waals surface area contributed by atoms with E-state index in [2.05, 4.69) is 204 Å². The van der Waals surface area contributed by atoms with Crippen LogP contribution < -0.4 is 4.90 Å². The van der Waals surface area contributed by atoms with Gasteiger partial charge >= 0.3 is 0 Å². The normalized spacial score (nSPS) is 14.6. The molecule has 1 atom stereocenters. The van der Waals surface area contributed by atoms with Gasteiger partial charge < -0.3 is 13.9 Å². The zero-order valence-electron chi connectivity index (χ0n) is 34.2. The van der Waals surface area contributed by atoms with Gasteiger partial charge in [0.2, 0.25) is 0 Å². The maximum atomic E-state index is 6.93. The Kier molecular flexibility index (Phi) is 7.97. The molecule has 0 saturated carbocycles. The van der Waals surface area contributed by atoms with E-state index in [0.29, 0.717) is 5.82 Å². The van der Waals surface area contributed by atoms with Crippen molar-refractivity contribution in [3.8, 4) is 39.6 Å². The molecule has 296 valence electrons. The number of para-hydroxylation sites is 4. The lowest BCUT2D eigenvalue weighted by atomic mass is 9.89. The molecule has 13 rings (SSSR count). The lowest BCUT2D eigenvalue weighted by Gasteiger charge is -2.29. The molecule has 5 nitrogen and oxygen atoms in total. The average molecular weight is 807 g/mol. The van der Waals surface area contributed by atoms with Gasteiger partial charge in [-0.2, -0.15) is 0 Å². The SMILES string of the molecule is C1=C(c2ccc3c(c2)c2ccccc2n3-c2cccc3c2oc2cccc(-c4nc(-c5ccccc5)cc(-c5ccccc5)n4)c23)C=C2c3ccccc3N(c3ccccc3)C2C1. The van der Waals surface area contributed by atoms with E-state index in [-0.39, 0.29) is 6.04 Å². The molecule has 0 amide bonds. The van der Waals surface area contributed by atoms with Crippen molar-refractivity contribution >= 4 is 66.3 Å². The Balaban J connectivity index is 0.949. The molecule has 5 heteroatoms. The van der Waals surface area contributed by atoms with Gasteiger partial charge in [-0.05, 0) is 83.8 Å². The Bertz CT molecular complexity index is 3600. The van der Waals surface area contributed by atoms with Crippen molar-refractivity contribution in [2.45, 2.75) is 12.5 Å². The van der Waals surface area contributed by atoms with Crippen LogP contribution >= 0.6 is 0 Å². The molecule has 1 unspecified atom stereocenters. The van der Waals surface area contributed by atoms with Crippen LogP contribution in [-0.2, 0) is 0 Å². The van der Waals surface area contributed by atoms with Crippen LogP contribution in [0.3, 0.4) is 0 Å². The summed E-state index contributed by atoms with van der Waals surface area (Å²) in [6.45, 7) is 0. The largest absolute Gasteiger partial charge is 0.454 e. The molecular weight excluding hydrogens is 769 g/mol. The summed E-state index contributed by atoms with van der Waals surface area (Å²) in [5.41, 5.74) is 17.3. The lowest BCUT2D eigenvalue weighted by Crippen LogP contribution is -2.27. The molecule has 0 N–H and O–H groups in total. The van der Waals surface area contributed by atoms with Crippen molar-refractivity contribution in [1.29, 1.82) is 0 Å². The van der Waals surface area contributed by atoms with Crippen molar-refractivity contribution in [2.24, 2.45) is 0 Å². The number of fused-ring (bicyclic) bond motifs is 9. The fourth-order valence-electron chi connectivity index (χ4n) is 10.1. The summed E-state index contributed by atoms with van der Waals surface area (Å²) < 4.78 is 9.30. The zero-order valence-corrected chi connectivity index (χ0v) is 34.2. The number of hydrogen-bond acceptors (Lipinski definition) is 4. The highest BCUT2D eigenvalue weighted by Gasteiger charge is 2.36. The first kappa shape index (κ1) is 35.5. The second-order valence-corrected chi connectivity index (χ2v) is 16.4. The second kappa shape index (κ2) is 14.2. The molecule has 2 aliphatic rings. The van der Waals surface area contributed by atoms with Gasteiger partial charge in [-0.25, -0.2) is 9.97 Å². The first-order chi connectivity index (χ1) is 31.2. The van der Waals surface area contributed by atoms with Crippen molar-refractivity contribution in [1.82, 2.24) is 14.5 Å². The number of aromatic nitrogens is 3. The summed E-state index contributed by atoms with van der Waals surface area (Å²) in [5, 5.41) is 4.42. The van der Waals surface area contributed by atoms with E-state index in [0.717, 1.165) is 73.2 Å². The fourth-order valence-corrected chi connectivity index (χ4v) is 10.1. The quantitative estimate of drug-likeness (QED) is 0.168. The minimum atomic E-state index is 0.259. The third-order valence-corrected chi connectivity index (χ3v) is 12.9. The number of allylic oxidation sites excluding steroid dienone is 2. The van der Waals surface area contributed by atoms with Gasteiger partial charge in [0.25, 0.3) is 0 Å². The summed E-state index contributed by atoms with van der Waals surface area (Å²) in [7, 11) is 0. The van der Waals surface area contributed by atoms with E-state index in [4.69, 9.17) is 14.4 Å². The van der Waals surface area contributed by atoms with Gasteiger partial charge in [0, 0.05) is 55.2 Å². The van der Waals surface area contributed by atoms with Crippen LogP contribution in [0.15, 0.2) is 217 Å². The van der Waals surface area contributed by atoms with E-state index < -0.39 is 0 Å². The Morgan fingerprint density at radius 1 is 0.492 bits per heavy atom. The standard InChI is InChI=1S/C58H38N4O/c1-4-16-37(17-5-1)48-36-49(38-18-6-2-7-19-38)60-58(59-48)45-25-15-29-55-56(45)44-24-14-28-54(57(44)63-55)62-51-27-13-11-23-43(51)47-35-40(31-33-53(47)62)39-30-32-52-46(34-39)42-22-10-12-26-50(42)61(52)41-20-8-3-9-21-41/h1-31,33-36,52H,32H2. The Morgan fingerprint density at radius 2 is 1.13 bits per heavy atom. The molecular formula is C58H38N4O. The van der Waals surface area contributed by atoms with Crippen LogP contribution in [0.5, 0.6) is 0 Å². The van der Waals surface area contributed by atoms with Gasteiger partial charge in [-0.3, -0.25) is 0 Å². The Labute approximate surface area is 364 Å². The fraction of sp³-hybridized carbons (Fsp3) is 0.0345. The maximum Gasteiger partial charge on any atom is 0.161 e. The number of hydrogen-bond donors (Lipinski definition) is 0. The molecule has 4 heterocycles. The molecule has 1 aliphatic carbocycles. The highest BCUT2D eigenvalue weighted by Crippen LogP contribution is 2.49. The summed E-state index contributed by atoms with van der Waals surface area (Å²) >= 11 is 0. The predicted molar refractivity (Wildman–Crippen MR) is 259 cm³/mol. The minimum Gasteiger partial charge on any atom is -0.454 e. The summed E-state index contributed by atoms with van der Waals surface area (Å²) in [6.07, 6.45) is 5.77. The van der Waals surface area contributed by atoms with Crippen molar-refractivity contribution in [3.63, 3.8) is 0 Å². The van der Waals surface area contributed by atoms with Gasteiger partial charge in [-0.1, -0.05) is 152 Å². The topological polar surface area (TPSA) is 47.1 Å². The van der Waals surface area contributed by atoms with Gasteiger partial charge in [0.15, 0.2) is 11.4 Å². The molecule has 0 fully saturated rings. The zero-order chi connectivity index (χ0) is 41.4. The number of nitrogens with zero attached hydrogens (tertiary/aromatic N) is 4. The molecule has 11 aromatic rings. The number of anilines is 2. The summed E-state index contributed by atoms with van der Waals surface area (Å²) in [4.78, 5) is 12.9. The Hall–Kier alpha value is -8.28. The van der Waals surface area contributed by atoms with Crippen molar-refractivity contribution in [2.75, 3.05) is 4.90 Å². The molecule has 8 aromatic carbocycles. The molecule has 0 saturated heterocycles. The number of rotatable bonds is 6. The van der Waals surface area contributed by atoms with Crippen LogP contribution in [0, 0.1) is 0 Å². The first-order valence-corrected chi connectivity index (χ1v) is 21.6. The lowest BCUT2D eigenvalue weighted by molar-refractivity contribution is 0.666. The van der Waals surface area contributed by atoms with Gasteiger partial charge in [0.1, 0.15) is 5.58 Å². The van der Waals surface area contributed by atoms with Gasteiger partial charge in [-0.15, -0.1) is 0 Å². The van der Waals surface area contributed by atoms with Crippen LogP contribution in [0.4, 0.5) is 11.4 Å². The van der Waals surface area contributed by atoms with Crippen LogP contribution in [0.1, 0.15) is 17.5 Å². The van der Waals surface area contributed by atoms with E-state index in [1.807, 2.05) is 18.2 Å². The molecule has 0 radical (unpaired) electrons. The highest BCUT2D eigenvalue weighted by molar-refractivity contribution is 6.16. The van der Waals surface area contributed by atoms with E-state index in [9.17, 15) is 0 Å². The van der Waals surface area contributed by atoms with E-state index >= 15 is 0 Å². The van der Waals surface area contributed by atoms with Crippen LogP contribution in [0.25, 0.3) is 94.5 Å². The minimum absolute atomic E-state index is 0.259. The van der Waals surface area contributed by atoms with Gasteiger partial charge in [0.05, 0.1) is 34.2 Å². The highest BCUT2D eigenvalue weighted by atomic mass is 16.3. The van der Waals surface area contributed by atoms with E-state index in [1.165, 1.54) is 44.4 Å². The average Bonchev–Trinajstić information content (AvgIpc) is 4.02. The maximum absolute atomic E-state index is 6.93. The number of benzene rings is 8. The molecule has 0 spiro atoms. The Morgan fingerprint density at radius 3 is 1.92 bits per heavy atom. The van der Waals surface area contributed by atoms with Crippen LogP contribution in [0.2, 0.25) is 0 Å². The summed E-state index contributed by atoms with van der Waals surface area (Å²) in [5.74, 6) is 0.658. The smallest absolute Gasteiger partial charge is 0.161 e. The molecule has 1 aliphatic heterocycles.